The van der Waals surface area contributed by atoms with Crippen LogP contribution >= 0.6 is 12.6 Å². The molecule has 0 saturated heterocycles. The topological polar surface area (TPSA) is 231 Å². The number of carboxylic acid groups (broad SMARTS) is 2. The molecule has 0 bridgehead atoms. The highest BCUT2D eigenvalue weighted by molar-refractivity contribution is 7.80. The fourth-order valence-corrected chi connectivity index (χ4v) is 2.53. The maximum atomic E-state index is 12.8. The molecule has 0 radical (unpaired) electrons. The van der Waals surface area contributed by atoms with E-state index in [4.69, 9.17) is 21.7 Å². The van der Waals surface area contributed by atoms with Crippen molar-refractivity contribution in [1.82, 2.24) is 16.0 Å². The number of aliphatic carboxylic acids is 2. The lowest BCUT2D eigenvalue weighted by Gasteiger charge is -2.27. The molecule has 0 heterocycles. The summed E-state index contributed by atoms with van der Waals surface area (Å²) in [6.45, 7) is 3.42. The zero-order valence-corrected chi connectivity index (χ0v) is 18.1. The third-order valence-electron chi connectivity index (χ3n) is 4.36. The van der Waals surface area contributed by atoms with E-state index in [1.54, 1.807) is 13.8 Å². The zero-order valence-electron chi connectivity index (χ0n) is 17.2. The molecule has 4 amide bonds. The molecule has 13 nitrogen and oxygen atoms in total. The van der Waals surface area contributed by atoms with Gasteiger partial charge in [0.05, 0.1) is 18.9 Å². The van der Waals surface area contributed by atoms with Gasteiger partial charge in [0.2, 0.25) is 23.6 Å². The Morgan fingerprint density at radius 1 is 0.903 bits per heavy atom. The second-order valence-corrected chi connectivity index (χ2v) is 7.25. The quantitative estimate of drug-likeness (QED) is 0.124. The maximum Gasteiger partial charge on any atom is 0.326 e. The summed E-state index contributed by atoms with van der Waals surface area (Å²) in [7, 11) is 0. The molecule has 0 aromatic rings. The van der Waals surface area contributed by atoms with Crippen LogP contribution in [0.3, 0.4) is 0 Å². The normalized spacial score (nSPS) is 15.5. The molecular weight excluding hydrogens is 434 g/mol. The molecule has 0 aromatic heterocycles. The Morgan fingerprint density at radius 2 is 1.45 bits per heavy atom. The van der Waals surface area contributed by atoms with E-state index in [1.165, 1.54) is 0 Å². The maximum absolute atomic E-state index is 12.8. The van der Waals surface area contributed by atoms with Crippen LogP contribution in [0.1, 0.15) is 33.1 Å². The number of hydrogen-bond donors (Lipinski definition) is 8. The Morgan fingerprint density at radius 3 is 1.87 bits per heavy atom. The molecule has 0 rings (SSSR count). The summed E-state index contributed by atoms with van der Waals surface area (Å²) in [6.07, 6.45) is -1.15. The standard InChI is InChI=1S/C17H29N5O8S/c1-3-7(2)13(22-14(26)8(18)6-31)16(28)20-9(4-11(19)23)15(27)21-10(17(29)30)5-12(24)25/h7-10,13,31H,3-6,18H2,1-2H3,(H2,19,23)(H,20,28)(H,21,27)(H,22,26)(H,24,25)(H,29,30). The van der Waals surface area contributed by atoms with Gasteiger partial charge in [0.15, 0.2) is 0 Å². The molecule has 5 unspecified atom stereocenters. The lowest BCUT2D eigenvalue weighted by atomic mass is 9.97. The lowest BCUT2D eigenvalue weighted by molar-refractivity contribution is -0.147. The summed E-state index contributed by atoms with van der Waals surface area (Å²) >= 11 is 3.92. The molecule has 5 atom stereocenters. The van der Waals surface area contributed by atoms with Crippen molar-refractivity contribution in [3.63, 3.8) is 0 Å². The molecule has 31 heavy (non-hydrogen) atoms. The van der Waals surface area contributed by atoms with E-state index < -0.39 is 78.5 Å². The Kier molecular flexibility index (Phi) is 12.2. The van der Waals surface area contributed by atoms with Crippen LogP contribution < -0.4 is 27.4 Å². The molecule has 176 valence electrons. The van der Waals surface area contributed by atoms with Crippen molar-refractivity contribution in [3.05, 3.63) is 0 Å². The first-order chi connectivity index (χ1) is 14.3. The van der Waals surface area contributed by atoms with Gasteiger partial charge in [-0.3, -0.25) is 24.0 Å². The third kappa shape index (κ3) is 10.1. The average Bonchev–Trinajstić information content (AvgIpc) is 2.68. The number of hydrogen-bond acceptors (Lipinski definition) is 8. The fraction of sp³-hybridized carbons (Fsp3) is 0.647. The van der Waals surface area contributed by atoms with Crippen LogP contribution in [0, 0.1) is 5.92 Å². The SMILES string of the molecule is CCC(C)C(NC(=O)C(N)CS)C(=O)NC(CC(N)=O)C(=O)NC(CC(=O)O)C(=O)O. The van der Waals surface area contributed by atoms with Gasteiger partial charge in [-0.15, -0.1) is 0 Å². The van der Waals surface area contributed by atoms with Gasteiger partial charge in [0.1, 0.15) is 18.1 Å². The van der Waals surface area contributed by atoms with Gasteiger partial charge in [-0.1, -0.05) is 20.3 Å². The second kappa shape index (κ2) is 13.4. The summed E-state index contributed by atoms with van der Waals surface area (Å²) in [5.41, 5.74) is 10.7. The summed E-state index contributed by atoms with van der Waals surface area (Å²) < 4.78 is 0. The number of amides is 4. The summed E-state index contributed by atoms with van der Waals surface area (Å²) in [6, 6.07) is -5.50. The molecule has 0 fully saturated rings. The predicted octanol–water partition coefficient (Wildman–Crippen LogP) is -2.82. The van der Waals surface area contributed by atoms with E-state index in [-0.39, 0.29) is 5.75 Å². The third-order valence-corrected chi connectivity index (χ3v) is 4.75. The van der Waals surface area contributed by atoms with E-state index in [0.29, 0.717) is 6.42 Å². The Labute approximate surface area is 184 Å². The van der Waals surface area contributed by atoms with Crippen LogP contribution in [-0.2, 0) is 28.8 Å². The van der Waals surface area contributed by atoms with E-state index in [1.807, 2.05) is 5.32 Å². The predicted molar refractivity (Wildman–Crippen MR) is 111 cm³/mol. The summed E-state index contributed by atoms with van der Waals surface area (Å²) in [5, 5.41) is 24.5. The second-order valence-electron chi connectivity index (χ2n) is 6.89. The van der Waals surface area contributed by atoms with Crippen molar-refractivity contribution in [3.8, 4) is 0 Å². The van der Waals surface area contributed by atoms with Crippen LogP contribution in [0.4, 0.5) is 0 Å². The van der Waals surface area contributed by atoms with Crippen molar-refractivity contribution >= 4 is 48.2 Å². The molecule has 0 aliphatic carbocycles. The monoisotopic (exact) mass is 463 g/mol. The number of carbonyl (C=O) groups is 6. The van der Waals surface area contributed by atoms with E-state index in [0.717, 1.165) is 0 Å². The first kappa shape index (κ1) is 28.1. The van der Waals surface area contributed by atoms with Gasteiger partial charge in [0, 0.05) is 5.75 Å². The zero-order chi connectivity index (χ0) is 24.3. The van der Waals surface area contributed by atoms with Crippen molar-refractivity contribution in [1.29, 1.82) is 0 Å². The average molecular weight is 464 g/mol. The van der Waals surface area contributed by atoms with Gasteiger partial charge in [-0.05, 0) is 5.92 Å². The Bertz CT molecular complexity index is 704. The number of nitrogens with two attached hydrogens (primary N) is 2. The minimum absolute atomic E-state index is 0.0214. The molecule has 0 saturated carbocycles. The Hall–Kier alpha value is -2.87. The number of nitrogens with one attached hydrogen (secondary N) is 3. The highest BCUT2D eigenvalue weighted by Crippen LogP contribution is 2.09. The molecule has 9 N–H and O–H groups in total. The highest BCUT2D eigenvalue weighted by Gasteiger charge is 2.33. The number of thiol groups is 1. The van der Waals surface area contributed by atoms with Gasteiger partial charge >= 0.3 is 11.9 Å². The molecule has 14 heteroatoms. The van der Waals surface area contributed by atoms with Crippen LogP contribution in [0.25, 0.3) is 0 Å². The van der Waals surface area contributed by atoms with Gasteiger partial charge in [0.25, 0.3) is 0 Å². The molecule has 0 aromatic carbocycles. The largest absolute Gasteiger partial charge is 0.481 e. The van der Waals surface area contributed by atoms with Gasteiger partial charge in [-0.25, -0.2) is 4.79 Å². The van der Waals surface area contributed by atoms with Crippen LogP contribution in [-0.4, -0.2) is 75.7 Å². The smallest absolute Gasteiger partial charge is 0.326 e. The number of carboxylic acids is 2. The van der Waals surface area contributed by atoms with Gasteiger partial charge in [-0.2, -0.15) is 12.6 Å². The van der Waals surface area contributed by atoms with Crippen LogP contribution in [0.5, 0.6) is 0 Å². The number of carbonyl (C=O) groups excluding carboxylic acids is 4. The highest BCUT2D eigenvalue weighted by atomic mass is 32.1. The number of primary amides is 1. The minimum atomic E-state index is -1.80. The van der Waals surface area contributed by atoms with E-state index in [2.05, 4.69) is 23.3 Å². The Balaban J connectivity index is 5.56. The molecule has 0 spiro atoms. The molecule has 0 aliphatic rings. The van der Waals surface area contributed by atoms with Crippen LogP contribution in [0.2, 0.25) is 0 Å². The van der Waals surface area contributed by atoms with Crippen molar-refractivity contribution < 1.29 is 39.0 Å². The van der Waals surface area contributed by atoms with E-state index in [9.17, 15) is 28.8 Å². The number of rotatable bonds is 14. The lowest BCUT2D eigenvalue weighted by Crippen LogP contribution is -2.59. The van der Waals surface area contributed by atoms with Crippen molar-refractivity contribution in [2.75, 3.05) is 5.75 Å². The van der Waals surface area contributed by atoms with Crippen LogP contribution in [0.15, 0.2) is 0 Å². The summed E-state index contributed by atoms with van der Waals surface area (Å²) in [4.78, 5) is 70.6. The van der Waals surface area contributed by atoms with E-state index >= 15 is 0 Å². The minimum Gasteiger partial charge on any atom is -0.481 e. The molecular formula is C17H29N5O8S. The molecule has 0 aliphatic heterocycles. The van der Waals surface area contributed by atoms with Gasteiger partial charge < -0.3 is 37.6 Å². The fourth-order valence-electron chi connectivity index (χ4n) is 2.36. The van der Waals surface area contributed by atoms with Crippen molar-refractivity contribution in [2.24, 2.45) is 17.4 Å². The van der Waals surface area contributed by atoms with Crippen molar-refractivity contribution in [2.45, 2.75) is 57.3 Å². The first-order valence-corrected chi connectivity index (χ1v) is 9.97. The summed E-state index contributed by atoms with van der Waals surface area (Å²) in [5.74, 6) is -7.07. The first-order valence-electron chi connectivity index (χ1n) is 9.34.